The first-order valence-corrected chi connectivity index (χ1v) is 5.04. The second-order valence-corrected chi connectivity index (χ2v) is 2.56. The fourth-order valence-corrected chi connectivity index (χ4v) is 0.980. The van der Waals surface area contributed by atoms with Crippen molar-refractivity contribution in [2.75, 3.05) is 0 Å². The van der Waals surface area contributed by atoms with Crippen LogP contribution in [-0.4, -0.2) is 5.16 Å². The third-order valence-electron chi connectivity index (χ3n) is 1.64. The quantitative estimate of drug-likeness (QED) is 0.723. The maximum absolute atomic E-state index is 5.02. The van der Waals surface area contributed by atoms with E-state index in [0.29, 0.717) is 0 Å². The molecule has 1 aromatic heterocycles. The van der Waals surface area contributed by atoms with E-state index in [4.69, 9.17) is 4.52 Å². The Bertz CT molecular complexity index is 297. The van der Waals surface area contributed by atoms with Crippen molar-refractivity contribution >= 4 is 12.2 Å². The first-order valence-electron chi connectivity index (χ1n) is 5.04. The summed E-state index contributed by atoms with van der Waals surface area (Å²) in [6.45, 7) is 11.7. The molecule has 78 valence electrons. The highest BCUT2D eigenvalue weighted by Gasteiger charge is 2.05. The van der Waals surface area contributed by atoms with E-state index in [1.54, 1.807) is 6.08 Å². The lowest BCUT2D eigenvalue weighted by Crippen LogP contribution is -1.75. The Kier molecular flexibility index (Phi) is 6.46. The van der Waals surface area contributed by atoms with Crippen LogP contribution in [-0.2, 0) is 0 Å². The summed E-state index contributed by atoms with van der Waals surface area (Å²) in [5.74, 6) is 0.747. The Morgan fingerprint density at radius 2 is 2.07 bits per heavy atom. The topological polar surface area (TPSA) is 26.0 Å². The molecule has 0 fully saturated rings. The van der Waals surface area contributed by atoms with Gasteiger partial charge in [0.1, 0.15) is 0 Å². The molecule has 2 nitrogen and oxygen atoms in total. The van der Waals surface area contributed by atoms with Crippen LogP contribution in [0.4, 0.5) is 0 Å². The fraction of sp³-hybridized carbons (Fsp3) is 0.417. The third-order valence-corrected chi connectivity index (χ3v) is 1.64. The first-order chi connectivity index (χ1) is 6.79. The zero-order valence-corrected chi connectivity index (χ0v) is 9.50. The van der Waals surface area contributed by atoms with Gasteiger partial charge < -0.3 is 4.52 Å². The molecule has 0 radical (unpaired) electrons. The van der Waals surface area contributed by atoms with Crippen LogP contribution in [0, 0.1) is 6.92 Å². The van der Waals surface area contributed by atoms with Crippen molar-refractivity contribution in [2.45, 2.75) is 34.1 Å². The van der Waals surface area contributed by atoms with Crippen molar-refractivity contribution in [2.24, 2.45) is 0 Å². The lowest BCUT2D eigenvalue weighted by molar-refractivity contribution is 0.408. The minimum absolute atomic E-state index is 0.747. The zero-order chi connectivity index (χ0) is 11.0. The smallest absolute Gasteiger partial charge is 0.166 e. The number of aryl methyl sites for hydroxylation is 1. The molecule has 0 unspecified atom stereocenters. The van der Waals surface area contributed by atoms with Crippen molar-refractivity contribution in [3.8, 4) is 0 Å². The molecule has 0 saturated heterocycles. The first kappa shape index (κ1) is 12.7. The van der Waals surface area contributed by atoms with E-state index >= 15 is 0 Å². The summed E-state index contributed by atoms with van der Waals surface area (Å²) in [7, 11) is 0. The van der Waals surface area contributed by atoms with Gasteiger partial charge in [-0.15, -0.1) is 0 Å². The van der Waals surface area contributed by atoms with Gasteiger partial charge in [0.05, 0.1) is 5.69 Å². The van der Waals surface area contributed by atoms with Crippen LogP contribution in [0.2, 0.25) is 0 Å². The predicted octanol–water partition coefficient (Wildman–Crippen LogP) is 4.08. The van der Waals surface area contributed by atoms with Crippen LogP contribution < -0.4 is 0 Å². The second kappa shape index (κ2) is 7.13. The van der Waals surface area contributed by atoms with Crippen LogP contribution in [0.15, 0.2) is 17.2 Å². The van der Waals surface area contributed by atoms with Crippen molar-refractivity contribution in [1.82, 2.24) is 5.16 Å². The number of nitrogens with zero attached hydrogens (tertiary/aromatic N) is 1. The molecule has 1 heterocycles. The molecule has 0 saturated carbocycles. The molecule has 2 heteroatoms. The highest BCUT2D eigenvalue weighted by Crippen LogP contribution is 2.16. The average molecular weight is 193 g/mol. The van der Waals surface area contributed by atoms with Gasteiger partial charge in [0.25, 0.3) is 0 Å². The minimum atomic E-state index is 0.747. The summed E-state index contributed by atoms with van der Waals surface area (Å²) in [6.07, 6.45) is 6.78. The Morgan fingerprint density at radius 1 is 1.43 bits per heavy atom. The van der Waals surface area contributed by atoms with E-state index in [9.17, 15) is 0 Å². The van der Waals surface area contributed by atoms with Gasteiger partial charge in [0.15, 0.2) is 5.76 Å². The van der Waals surface area contributed by atoms with Crippen molar-refractivity contribution in [3.63, 3.8) is 0 Å². The number of allylic oxidation sites excluding steroid dienone is 1. The highest BCUT2D eigenvalue weighted by atomic mass is 16.5. The van der Waals surface area contributed by atoms with Crippen molar-refractivity contribution in [3.05, 3.63) is 29.7 Å². The Labute approximate surface area is 86.3 Å². The zero-order valence-electron chi connectivity index (χ0n) is 9.50. The van der Waals surface area contributed by atoms with Gasteiger partial charge in [-0.1, -0.05) is 44.7 Å². The SMILES string of the molecule is C=Cc1onc(C)c1/C=C\CC.CC. The van der Waals surface area contributed by atoms with E-state index in [1.807, 2.05) is 26.8 Å². The standard InChI is InChI=1S/C10H13NO.C2H6/c1-4-6-7-9-8(3)11-12-10(9)5-2;1-2/h5-7H,2,4H2,1,3H3;1-2H3/b7-6-;. The van der Waals surface area contributed by atoms with E-state index in [1.165, 1.54) is 0 Å². The van der Waals surface area contributed by atoms with Gasteiger partial charge in [0, 0.05) is 5.56 Å². The van der Waals surface area contributed by atoms with Crippen LogP contribution in [0.5, 0.6) is 0 Å². The van der Waals surface area contributed by atoms with Gasteiger partial charge in [-0.25, -0.2) is 0 Å². The maximum Gasteiger partial charge on any atom is 0.166 e. The molecule has 1 aromatic rings. The van der Waals surface area contributed by atoms with E-state index in [-0.39, 0.29) is 0 Å². The van der Waals surface area contributed by atoms with E-state index in [2.05, 4.69) is 24.7 Å². The lowest BCUT2D eigenvalue weighted by atomic mass is 10.2. The number of rotatable bonds is 3. The number of hydrogen-bond donors (Lipinski definition) is 0. The molecule has 0 aromatic carbocycles. The molecule has 0 aliphatic carbocycles. The van der Waals surface area contributed by atoms with Crippen LogP contribution in [0.1, 0.15) is 44.2 Å². The molecule has 0 N–H and O–H groups in total. The van der Waals surface area contributed by atoms with Gasteiger partial charge in [0.2, 0.25) is 0 Å². The van der Waals surface area contributed by atoms with Gasteiger partial charge in [-0.3, -0.25) is 0 Å². The highest BCUT2D eigenvalue weighted by molar-refractivity contribution is 5.61. The van der Waals surface area contributed by atoms with E-state index in [0.717, 1.165) is 23.4 Å². The molecular formula is C12H19NO. The minimum Gasteiger partial charge on any atom is -0.356 e. The summed E-state index contributed by atoms with van der Waals surface area (Å²) in [5.41, 5.74) is 1.95. The van der Waals surface area contributed by atoms with Gasteiger partial charge in [-0.2, -0.15) is 0 Å². The summed E-state index contributed by atoms with van der Waals surface area (Å²) in [6, 6.07) is 0. The van der Waals surface area contributed by atoms with Gasteiger partial charge >= 0.3 is 0 Å². The molecule has 0 bridgehead atoms. The Balaban J connectivity index is 0.000000791. The summed E-state index contributed by atoms with van der Waals surface area (Å²) in [4.78, 5) is 0. The van der Waals surface area contributed by atoms with Crippen molar-refractivity contribution in [1.29, 1.82) is 0 Å². The predicted molar refractivity (Wildman–Crippen MR) is 62.0 cm³/mol. The number of aromatic nitrogens is 1. The molecule has 0 aliphatic rings. The molecule has 1 rings (SSSR count). The van der Waals surface area contributed by atoms with Crippen molar-refractivity contribution < 1.29 is 4.52 Å². The fourth-order valence-electron chi connectivity index (χ4n) is 0.980. The molecule has 14 heavy (non-hydrogen) atoms. The molecule has 0 atom stereocenters. The Morgan fingerprint density at radius 3 is 2.57 bits per heavy atom. The van der Waals surface area contributed by atoms with Crippen LogP contribution >= 0.6 is 0 Å². The largest absolute Gasteiger partial charge is 0.356 e. The normalized spacial score (nSPS) is 9.71. The molecule has 0 amide bonds. The summed E-state index contributed by atoms with van der Waals surface area (Å²) in [5, 5.41) is 3.84. The Hall–Kier alpha value is -1.31. The molecule has 0 aliphatic heterocycles. The monoisotopic (exact) mass is 193 g/mol. The third kappa shape index (κ3) is 3.21. The maximum atomic E-state index is 5.02. The lowest BCUT2D eigenvalue weighted by Gasteiger charge is -1.88. The van der Waals surface area contributed by atoms with Crippen LogP contribution in [0.3, 0.4) is 0 Å². The van der Waals surface area contributed by atoms with E-state index < -0.39 is 0 Å². The average Bonchev–Trinajstić information content (AvgIpc) is 2.59. The second-order valence-electron chi connectivity index (χ2n) is 2.56. The molecule has 0 spiro atoms. The van der Waals surface area contributed by atoms with Crippen LogP contribution in [0.25, 0.3) is 12.2 Å². The number of hydrogen-bond acceptors (Lipinski definition) is 2. The van der Waals surface area contributed by atoms with Gasteiger partial charge in [-0.05, 0) is 19.4 Å². The summed E-state index contributed by atoms with van der Waals surface area (Å²) < 4.78 is 5.02. The molecular weight excluding hydrogens is 174 g/mol. The summed E-state index contributed by atoms with van der Waals surface area (Å²) >= 11 is 0.